The first-order valence-corrected chi connectivity index (χ1v) is 6.92. The lowest BCUT2D eigenvalue weighted by molar-refractivity contribution is -0.0129. The molecule has 1 fully saturated rings. The molecule has 0 radical (unpaired) electrons. The fraction of sp³-hybridized carbons (Fsp3) is 0.714. The molecule has 1 unspecified atom stereocenters. The molecule has 1 aromatic rings. The van der Waals surface area contributed by atoms with E-state index in [9.17, 15) is 0 Å². The number of nitrogens with one attached hydrogen (secondary N) is 1. The summed E-state index contributed by atoms with van der Waals surface area (Å²) in [6.45, 7) is 9.81. The van der Waals surface area contributed by atoms with E-state index >= 15 is 0 Å². The lowest BCUT2D eigenvalue weighted by Gasteiger charge is -2.34. The van der Waals surface area contributed by atoms with E-state index in [1.54, 1.807) is 6.26 Å². The van der Waals surface area contributed by atoms with E-state index in [-0.39, 0.29) is 0 Å². The largest absolute Gasteiger partial charge is 0.468 e. The van der Waals surface area contributed by atoms with Gasteiger partial charge in [-0.05, 0) is 19.0 Å². The van der Waals surface area contributed by atoms with Crippen molar-refractivity contribution in [2.24, 2.45) is 0 Å². The number of furan rings is 1. The summed E-state index contributed by atoms with van der Waals surface area (Å²) in [5.41, 5.74) is 1.30. The quantitative estimate of drug-likeness (QED) is 0.840. The fourth-order valence-corrected chi connectivity index (χ4v) is 2.39. The van der Waals surface area contributed by atoms with Crippen molar-refractivity contribution in [3.63, 3.8) is 0 Å². The van der Waals surface area contributed by atoms with Gasteiger partial charge in [0.2, 0.25) is 0 Å². The van der Waals surface area contributed by atoms with Crippen LogP contribution >= 0.6 is 0 Å². The third-order valence-corrected chi connectivity index (χ3v) is 3.57. The molecular formula is C14H24N2O2. The first-order valence-electron chi connectivity index (χ1n) is 6.92. The van der Waals surface area contributed by atoms with Crippen molar-refractivity contribution in [2.45, 2.75) is 39.4 Å². The summed E-state index contributed by atoms with van der Waals surface area (Å²) in [6, 6.07) is 2.63. The molecule has 2 heterocycles. The van der Waals surface area contributed by atoms with Gasteiger partial charge in [0, 0.05) is 24.7 Å². The van der Waals surface area contributed by atoms with Crippen LogP contribution in [0, 0.1) is 0 Å². The highest BCUT2D eigenvalue weighted by atomic mass is 16.5. The molecule has 1 atom stereocenters. The zero-order chi connectivity index (χ0) is 12.8. The molecule has 0 aliphatic carbocycles. The summed E-state index contributed by atoms with van der Waals surface area (Å²) in [7, 11) is 0. The Morgan fingerprint density at radius 2 is 2.33 bits per heavy atom. The van der Waals surface area contributed by atoms with Crippen LogP contribution in [0.25, 0.3) is 0 Å². The van der Waals surface area contributed by atoms with E-state index < -0.39 is 0 Å². The molecule has 0 aromatic carbocycles. The highest BCUT2D eigenvalue weighted by molar-refractivity contribution is 5.17. The van der Waals surface area contributed by atoms with Crippen LogP contribution in [-0.4, -0.2) is 37.2 Å². The van der Waals surface area contributed by atoms with Crippen molar-refractivity contribution in [3.05, 3.63) is 23.7 Å². The fourth-order valence-electron chi connectivity index (χ4n) is 2.39. The van der Waals surface area contributed by atoms with E-state index in [4.69, 9.17) is 9.15 Å². The number of rotatable bonds is 6. The number of hydrogen-bond donors (Lipinski definition) is 1. The van der Waals surface area contributed by atoms with Crippen LogP contribution in [-0.2, 0) is 17.8 Å². The first kappa shape index (κ1) is 13.6. The first-order chi connectivity index (χ1) is 8.85. The van der Waals surface area contributed by atoms with Gasteiger partial charge in [-0.25, -0.2) is 0 Å². The predicted molar refractivity (Wildman–Crippen MR) is 71.4 cm³/mol. The zero-order valence-electron chi connectivity index (χ0n) is 11.4. The summed E-state index contributed by atoms with van der Waals surface area (Å²) in [4.78, 5) is 2.50. The minimum atomic E-state index is 0.542. The maximum Gasteiger partial charge on any atom is 0.122 e. The minimum absolute atomic E-state index is 0.542. The molecule has 0 amide bonds. The summed E-state index contributed by atoms with van der Waals surface area (Å²) < 4.78 is 11.1. The van der Waals surface area contributed by atoms with E-state index in [1.807, 2.05) is 0 Å². The Balaban J connectivity index is 1.96. The monoisotopic (exact) mass is 252 g/mol. The van der Waals surface area contributed by atoms with Crippen molar-refractivity contribution in [2.75, 3.05) is 26.3 Å². The van der Waals surface area contributed by atoms with Gasteiger partial charge in [0.25, 0.3) is 0 Å². The van der Waals surface area contributed by atoms with Gasteiger partial charge in [-0.2, -0.15) is 0 Å². The van der Waals surface area contributed by atoms with Crippen molar-refractivity contribution < 1.29 is 9.15 Å². The molecule has 4 heteroatoms. The van der Waals surface area contributed by atoms with Crippen LogP contribution in [0.1, 0.15) is 31.6 Å². The van der Waals surface area contributed by atoms with Crippen molar-refractivity contribution in [3.8, 4) is 0 Å². The van der Waals surface area contributed by atoms with Crippen LogP contribution in [0.15, 0.2) is 16.7 Å². The van der Waals surface area contributed by atoms with Crippen molar-refractivity contribution >= 4 is 0 Å². The van der Waals surface area contributed by atoms with Gasteiger partial charge in [-0.1, -0.05) is 13.8 Å². The highest BCUT2D eigenvalue weighted by Crippen LogP contribution is 2.18. The van der Waals surface area contributed by atoms with Gasteiger partial charge >= 0.3 is 0 Å². The molecule has 1 N–H and O–H groups in total. The van der Waals surface area contributed by atoms with Gasteiger partial charge in [0.15, 0.2) is 0 Å². The Bertz CT molecular complexity index is 351. The van der Waals surface area contributed by atoms with Gasteiger partial charge < -0.3 is 14.5 Å². The maximum absolute atomic E-state index is 5.56. The SMILES string of the molecule is CCNCc1occc1CN1CCOCC1CC. The summed E-state index contributed by atoms with van der Waals surface area (Å²) in [5, 5.41) is 3.32. The average Bonchev–Trinajstić information content (AvgIpc) is 2.84. The highest BCUT2D eigenvalue weighted by Gasteiger charge is 2.22. The molecular weight excluding hydrogens is 228 g/mol. The molecule has 1 aromatic heterocycles. The van der Waals surface area contributed by atoms with Crippen LogP contribution in [0.5, 0.6) is 0 Å². The Hall–Kier alpha value is -0.840. The summed E-state index contributed by atoms with van der Waals surface area (Å²) in [5.74, 6) is 1.07. The number of morpholine rings is 1. The second kappa shape index (κ2) is 6.92. The second-order valence-electron chi connectivity index (χ2n) is 4.76. The van der Waals surface area contributed by atoms with E-state index in [1.165, 1.54) is 5.56 Å². The van der Waals surface area contributed by atoms with Gasteiger partial charge in [-0.15, -0.1) is 0 Å². The third kappa shape index (κ3) is 3.34. The average molecular weight is 252 g/mol. The van der Waals surface area contributed by atoms with Crippen molar-refractivity contribution in [1.82, 2.24) is 10.2 Å². The molecule has 102 valence electrons. The smallest absolute Gasteiger partial charge is 0.122 e. The molecule has 0 bridgehead atoms. The van der Waals surface area contributed by atoms with Crippen LogP contribution in [0.3, 0.4) is 0 Å². The molecule has 0 saturated carbocycles. The van der Waals surface area contributed by atoms with Crippen LogP contribution < -0.4 is 5.32 Å². The molecule has 18 heavy (non-hydrogen) atoms. The predicted octanol–water partition coefficient (Wildman–Crippen LogP) is 2.00. The van der Waals surface area contributed by atoms with Gasteiger partial charge in [0.1, 0.15) is 5.76 Å². The Morgan fingerprint density at radius 3 is 3.11 bits per heavy atom. The van der Waals surface area contributed by atoms with Gasteiger partial charge in [0.05, 0.1) is 26.0 Å². The summed E-state index contributed by atoms with van der Waals surface area (Å²) >= 11 is 0. The van der Waals surface area contributed by atoms with Crippen LogP contribution in [0.4, 0.5) is 0 Å². The zero-order valence-corrected chi connectivity index (χ0v) is 11.4. The summed E-state index contributed by atoms with van der Waals surface area (Å²) in [6.07, 6.45) is 2.93. The molecule has 4 nitrogen and oxygen atoms in total. The number of ether oxygens (including phenoxy) is 1. The molecule has 1 aliphatic rings. The molecule has 0 spiro atoms. The van der Waals surface area contributed by atoms with Crippen molar-refractivity contribution in [1.29, 1.82) is 0 Å². The molecule has 2 rings (SSSR count). The van der Waals surface area contributed by atoms with E-state index in [0.717, 1.165) is 51.6 Å². The van der Waals surface area contributed by atoms with Gasteiger partial charge in [-0.3, -0.25) is 4.90 Å². The topological polar surface area (TPSA) is 37.6 Å². The van der Waals surface area contributed by atoms with E-state index in [0.29, 0.717) is 6.04 Å². The third-order valence-electron chi connectivity index (χ3n) is 3.57. The Kier molecular flexibility index (Phi) is 5.23. The van der Waals surface area contributed by atoms with E-state index in [2.05, 4.69) is 30.1 Å². The Labute approximate surface area is 109 Å². The molecule has 1 saturated heterocycles. The standard InChI is InChI=1S/C14H24N2O2/c1-3-13-11-17-8-6-16(13)10-12-5-7-18-14(12)9-15-4-2/h5,7,13,15H,3-4,6,8-11H2,1-2H3. The maximum atomic E-state index is 5.56. The normalized spacial score (nSPS) is 21.3. The minimum Gasteiger partial charge on any atom is -0.468 e. The van der Waals surface area contributed by atoms with Crippen LogP contribution in [0.2, 0.25) is 0 Å². The number of hydrogen-bond acceptors (Lipinski definition) is 4. The Morgan fingerprint density at radius 1 is 1.44 bits per heavy atom. The number of nitrogens with zero attached hydrogens (tertiary/aromatic N) is 1. The lowest BCUT2D eigenvalue weighted by Crippen LogP contribution is -2.44. The second-order valence-corrected chi connectivity index (χ2v) is 4.76. The molecule has 1 aliphatic heterocycles. The lowest BCUT2D eigenvalue weighted by atomic mass is 10.1.